The van der Waals surface area contributed by atoms with Gasteiger partial charge in [0.15, 0.2) is 0 Å². The van der Waals surface area contributed by atoms with Crippen LogP contribution < -0.4 is 15.9 Å². The molecule has 0 fully saturated rings. The van der Waals surface area contributed by atoms with Gasteiger partial charge in [-0.15, -0.1) is 0 Å². The fourth-order valence-electron chi connectivity index (χ4n) is 5.74. The minimum Gasteiger partial charge on any atom is -0.274 e. The molecular weight excluding hydrogens is 509 g/mol. The highest BCUT2D eigenvalue weighted by molar-refractivity contribution is 7.95. The molecule has 1 aliphatic rings. The lowest BCUT2D eigenvalue weighted by atomic mass is 10.1. The van der Waals surface area contributed by atoms with E-state index in [0.717, 1.165) is 19.0 Å². The van der Waals surface area contributed by atoms with Crippen LogP contribution in [0, 0.1) is 0 Å². The largest absolute Gasteiger partial charge is 0.274 e. The first-order valence-corrected chi connectivity index (χ1v) is 15.7. The van der Waals surface area contributed by atoms with Crippen molar-refractivity contribution in [3.05, 3.63) is 162 Å². The number of rotatable bonds is 9. The van der Waals surface area contributed by atoms with E-state index >= 15 is 0 Å². The Morgan fingerprint density at radius 1 is 0.475 bits per heavy atom. The summed E-state index contributed by atoms with van der Waals surface area (Å²) in [6.45, 7) is 0.429. The van der Waals surface area contributed by atoms with Crippen LogP contribution in [0.4, 0.5) is 0 Å². The Morgan fingerprint density at radius 3 is 1.32 bits per heavy atom. The van der Waals surface area contributed by atoms with Crippen LogP contribution in [-0.2, 0) is 12.6 Å². The zero-order valence-electron chi connectivity index (χ0n) is 22.3. The van der Waals surface area contributed by atoms with Crippen molar-refractivity contribution in [1.82, 2.24) is 4.90 Å². The number of hydrogen-bond donors (Lipinski definition) is 0. The van der Waals surface area contributed by atoms with Gasteiger partial charge in [0.1, 0.15) is 23.2 Å². The molecule has 0 N–H and O–H groups in total. The van der Waals surface area contributed by atoms with Crippen LogP contribution in [0.25, 0.3) is 0 Å². The van der Waals surface area contributed by atoms with Gasteiger partial charge in [-0.2, -0.15) is 0 Å². The first-order valence-electron chi connectivity index (χ1n) is 13.7. The van der Waals surface area contributed by atoms with Crippen LogP contribution in [0.3, 0.4) is 0 Å². The number of aryl methyl sites for hydroxylation is 1. The highest BCUT2D eigenvalue weighted by Gasteiger charge is 2.45. The van der Waals surface area contributed by atoms with Gasteiger partial charge >= 0.3 is 0 Å². The predicted octanol–water partition coefficient (Wildman–Crippen LogP) is 6.41. The lowest BCUT2D eigenvalue weighted by molar-refractivity contribution is 0.0652. The maximum atomic E-state index is 12.7. The lowest BCUT2D eigenvalue weighted by Crippen LogP contribution is -2.32. The van der Waals surface area contributed by atoms with Crippen LogP contribution in [0.1, 0.15) is 38.3 Å². The molecule has 5 aromatic carbocycles. The summed E-state index contributed by atoms with van der Waals surface area (Å²) in [5.74, 6) is -0.363. The summed E-state index contributed by atoms with van der Waals surface area (Å²) < 4.78 is 0. The van der Waals surface area contributed by atoms with E-state index in [1.165, 1.54) is 31.9 Å². The Balaban J connectivity index is 1.23. The highest BCUT2D eigenvalue weighted by Crippen LogP contribution is 2.58. The molecule has 196 valence electrons. The molecule has 3 nitrogen and oxygen atoms in total. The van der Waals surface area contributed by atoms with E-state index in [1.54, 1.807) is 24.3 Å². The van der Waals surface area contributed by atoms with E-state index in [4.69, 9.17) is 0 Å². The zero-order chi connectivity index (χ0) is 27.4. The van der Waals surface area contributed by atoms with Gasteiger partial charge in [-0.05, 0) is 72.5 Å². The number of hydrogen-bond acceptors (Lipinski definition) is 2. The number of fused-ring (bicyclic) bond motifs is 1. The van der Waals surface area contributed by atoms with E-state index in [9.17, 15) is 9.59 Å². The number of benzene rings is 5. The van der Waals surface area contributed by atoms with Crippen molar-refractivity contribution in [2.45, 2.75) is 19.0 Å². The first-order chi connectivity index (χ1) is 19.7. The third kappa shape index (κ3) is 4.90. The van der Waals surface area contributed by atoms with Gasteiger partial charge in [0.2, 0.25) is 0 Å². The molecule has 0 aromatic heterocycles. The molecule has 5 aromatic rings. The summed E-state index contributed by atoms with van der Waals surface area (Å²) >= 11 is 0. The zero-order valence-corrected chi connectivity index (χ0v) is 23.2. The summed E-state index contributed by atoms with van der Waals surface area (Å²) in [7, 11) is -1.95. The van der Waals surface area contributed by atoms with Crippen LogP contribution in [0.15, 0.2) is 140 Å². The molecule has 1 heterocycles. The molecule has 0 bridgehead atoms. The molecule has 2 amide bonds. The second kappa shape index (κ2) is 11.4. The Kier molecular flexibility index (Phi) is 7.40. The van der Waals surface area contributed by atoms with Crippen molar-refractivity contribution in [3.8, 4) is 0 Å². The maximum absolute atomic E-state index is 12.7. The van der Waals surface area contributed by atoms with Crippen molar-refractivity contribution in [2.75, 3.05) is 6.54 Å². The third-order valence-corrected chi connectivity index (χ3v) is 12.1. The number of nitrogens with zero attached hydrogens (tertiary/aromatic N) is 1. The monoisotopic (exact) mass is 540 g/mol. The standard InChI is InChI=1S/C36H31NO2P/c38-35-33-20-10-11-21-34(33)36(39)37(35)26-12-13-28-22-24-29(25-23-28)27-40(30-14-4-1-5-15-30,31-16-6-2-7-17-31)32-18-8-3-9-19-32/h1-11,14-25H,12-13,26-27H2/q+1. The molecule has 0 atom stereocenters. The van der Waals surface area contributed by atoms with Gasteiger partial charge in [0, 0.05) is 6.54 Å². The van der Waals surface area contributed by atoms with Gasteiger partial charge < -0.3 is 0 Å². The minimum absolute atomic E-state index is 0.181. The Labute approximate surface area is 236 Å². The molecule has 0 saturated heterocycles. The summed E-state index contributed by atoms with van der Waals surface area (Å²) in [4.78, 5) is 26.8. The summed E-state index contributed by atoms with van der Waals surface area (Å²) in [5.41, 5.74) is 3.54. The molecule has 0 aliphatic carbocycles. The Hall–Kier alpha value is -4.33. The second-order valence-corrected chi connectivity index (χ2v) is 13.7. The fourth-order valence-corrected chi connectivity index (χ4v) is 9.98. The Morgan fingerprint density at radius 2 is 0.875 bits per heavy atom. The summed E-state index contributed by atoms with van der Waals surface area (Å²) in [6, 6.07) is 48.8. The van der Waals surface area contributed by atoms with Gasteiger partial charge in [-0.3, -0.25) is 14.5 Å². The molecule has 4 heteroatoms. The lowest BCUT2D eigenvalue weighted by Gasteiger charge is -2.28. The van der Waals surface area contributed by atoms with Crippen LogP contribution in [0.5, 0.6) is 0 Å². The van der Waals surface area contributed by atoms with E-state index in [2.05, 4.69) is 115 Å². The van der Waals surface area contributed by atoms with Gasteiger partial charge in [0.25, 0.3) is 11.8 Å². The van der Waals surface area contributed by atoms with Crippen LogP contribution in [-0.4, -0.2) is 23.3 Å². The smallest absolute Gasteiger partial charge is 0.261 e. The third-order valence-electron chi connectivity index (χ3n) is 7.76. The molecule has 1 aliphatic heterocycles. The highest BCUT2D eigenvalue weighted by atomic mass is 31.2. The predicted molar refractivity (Wildman–Crippen MR) is 165 cm³/mol. The van der Waals surface area contributed by atoms with Gasteiger partial charge in [0.05, 0.1) is 17.3 Å². The van der Waals surface area contributed by atoms with Gasteiger partial charge in [-0.1, -0.05) is 91.0 Å². The molecular formula is C36H31NO2P+. The van der Waals surface area contributed by atoms with Gasteiger partial charge in [-0.25, -0.2) is 0 Å². The molecule has 40 heavy (non-hydrogen) atoms. The van der Waals surface area contributed by atoms with E-state index in [0.29, 0.717) is 17.7 Å². The normalized spacial score (nSPS) is 12.9. The molecule has 6 rings (SSSR count). The summed E-state index contributed by atoms with van der Waals surface area (Å²) in [6.07, 6.45) is 2.48. The van der Waals surface area contributed by atoms with Crippen molar-refractivity contribution in [2.24, 2.45) is 0 Å². The first kappa shape index (κ1) is 25.9. The molecule has 0 unspecified atom stereocenters. The molecule has 0 saturated carbocycles. The molecule has 0 spiro atoms. The SMILES string of the molecule is O=C1c2ccccc2C(=O)N1CCCc1ccc(C[P+](c2ccccc2)(c2ccccc2)c2ccccc2)cc1. The van der Waals surface area contributed by atoms with Crippen molar-refractivity contribution >= 4 is 35.0 Å². The molecule has 0 radical (unpaired) electrons. The quantitative estimate of drug-likeness (QED) is 0.160. The fraction of sp³-hybridized carbons (Fsp3) is 0.111. The number of carbonyl (C=O) groups excluding carboxylic acids is 2. The Bertz CT molecular complexity index is 1490. The topological polar surface area (TPSA) is 37.4 Å². The number of imide groups is 1. The van der Waals surface area contributed by atoms with Crippen LogP contribution in [0.2, 0.25) is 0 Å². The second-order valence-electron chi connectivity index (χ2n) is 10.2. The van der Waals surface area contributed by atoms with Crippen LogP contribution >= 0.6 is 7.26 Å². The van der Waals surface area contributed by atoms with E-state index < -0.39 is 7.26 Å². The average molecular weight is 541 g/mol. The summed E-state index contributed by atoms with van der Waals surface area (Å²) in [5, 5.41) is 4.12. The van der Waals surface area contributed by atoms with E-state index in [-0.39, 0.29) is 11.8 Å². The van der Waals surface area contributed by atoms with E-state index in [1.807, 2.05) is 0 Å². The van der Waals surface area contributed by atoms with Crippen molar-refractivity contribution < 1.29 is 9.59 Å². The number of carbonyl (C=O) groups is 2. The number of amides is 2. The van der Waals surface area contributed by atoms with Crippen molar-refractivity contribution in [1.29, 1.82) is 0 Å². The maximum Gasteiger partial charge on any atom is 0.261 e. The minimum atomic E-state index is -1.95. The average Bonchev–Trinajstić information content (AvgIpc) is 3.27. The van der Waals surface area contributed by atoms with Crippen molar-refractivity contribution in [3.63, 3.8) is 0 Å².